The molecule has 2 amide bonds. The standard InChI is InChI=1S/C23H24N2O8/c1-23(2,3)33-22(31)32-15-8-5-12(6-9-15)4-7-13-10-14-11-24(21(29)30)18-16(14)25(19(18)26)17(13)20(27)28/h4-9,14,16,18H,10-11H2,1-3H3,(H,27,28)(H,29,30)/b7-4+/t14-,16-,18+/m1/s1. The van der Waals surface area contributed by atoms with Gasteiger partial charge in [0, 0.05) is 12.5 Å². The molecule has 1 aromatic rings. The van der Waals surface area contributed by atoms with Gasteiger partial charge in [-0.2, -0.15) is 0 Å². The van der Waals surface area contributed by atoms with E-state index < -0.39 is 41.8 Å². The first kappa shape index (κ1) is 22.4. The number of carbonyl (C=O) groups excluding carboxylic acids is 2. The largest absolute Gasteiger partial charge is 0.514 e. The quantitative estimate of drug-likeness (QED) is 0.401. The van der Waals surface area contributed by atoms with Gasteiger partial charge in [-0.3, -0.25) is 14.6 Å². The van der Waals surface area contributed by atoms with Gasteiger partial charge >= 0.3 is 18.2 Å². The summed E-state index contributed by atoms with van der Waals surface area (Å²) in [7, 11) is 0. The second-order valence-electron chi connectivity index (χ2n) is 9.19. The third-order valence-electron chi connectivity index (χ3n) is 5.79. The summed E-state index contributed by atoms with van der Waals surface area (Å²) >= 11 is 0. The molecule has 4 rings (SSSR count). The van der Waals surface area contributed by atoms with Crippen molar-refractivity contribution in [2.24, 2.45) is 5.92 Å². The lowest BCUT2D eigenvalue weighted by molar-refractivity contribution is -0.156. The molecule has 0 spiro atoms. The van der Waals surface area contributed by atoms with E-state index in [1.54, 1.807) is 57.2 Å². The number of allylic oxidation sites excluding steroid dienone is 2. The molecule has 33 heavy (non-hydrogen) atoms. The zero-order chi connectivity index (χ0) is 24.1. The van der Waals surface area contributed by atoms with Gasteiger partial charge in [0.05, 0.1) is 6.04 Å². The molecule has 3 atom stereocenters. The third-order valence-corrected chi connectivity index (χ3v) is 5.79. The fourth-order valence-corrected chi connectivity index (χ4v) is 4.53. The maximum atomic E-state index is 12.6. The van der Waals surface area contributed by atoms with Gasteiger partial charge in [0.25, 0.3) is 5.91 Å². The highest BCUT2D eigenvalue weighted by Crippen LogP contribution is 2.47. The van der Waals surface area contributed by atoms with Crippen molar-refractivity contribution in [2.45, 2.75) is 44.9 Å². The van der Waals surface area contributed by atoms with E-state index in [1.165, 1.54) is 4.90 Å². The Labute approximate surface area is 189 Å². The van der Waals surface area contributed by atoms with Crippen LogP contribution >= 0.6 is 0 Å². The van der Waals surface area contributed by atoms with Crippen LogP contribution in [-0.2, 0) is 14.3 Å². The van der Waals surface area contributed by atoms with Gasteiger partial charge in [0.1, 0.15) is 23.1 Å². The van der Waals surface area contributed by atoms with E-state index in [1.807, 2.05) is 0 Å². The van der Waals surface area contributed by atoms with Crippen LogP contribution in [0.15, 0.2) is 41.6 Å². The maximum absolute atomic E-state index is 12.6. The number of benzene rings is 1. The molecule has 0 unspecified atom stereocenters. The van der Waals surface area contributed by atoms with Gasteiger partial charge in [-0.25, -0.2) is 14.4 Å². The minimum absolute atomic E-state index is 0.106. The van der Waals surface area contributed by atoms with Crippen LogP contribution < -0.4 is 4.74 Å². The lowest BCUT2D eigenvalue weighted by atomic mass is 9.79. The molecule has 1 aromatic carbocycles. The van der Waals surface area contributed by atoms with Crippen molar-refractivity contribution >= 4 is 30.2 Å². The molecular weight excluding hydrogens is 432 g/mol. The van der Waals surface area contributed by atoms with Gasteiger partial charge in [-0.05, 0) is 50.5 Å². The van der Waals surface area contributed by atoms with E-state index >= 15 is 0 Å². The first-order valence-corrected chi connectivity index (χ1v) is 10.4. The first-order chi connectivity index (χ1) is 15.5. The Morgan fingerprint density at radius 1 is 1.09 bits per heavy atom. The van der Waals surface area contributed by atoms with Crippen LogP contribution in [0, 0.1) is 5.92 Å². The van der Waals surface area contributed by atoms with Crippen LogP contribution in [0.3, 0.4) is 0 Å². The molecule has 0 aromatic heterocycles. The second-order valence-corrected chi connectivity index (χ2v) is 9.19. The number of likely N-dealkylation sites (tertiary alicyclic amines) is 1. The molecule has 174 valence electrons. The van der Waals surface area contributed by atoms with Crippen molar-refractivity contribution in [3.05, 3.63) is 47.2 Å². The normalized spacial score (nSPS) is 24.0. The van der Waals surface area contributed by atoms with Crippen molar-refractivity contribution < 1.29 is 38.9 Å². The number of hydrogen-bond acceptors (Lipinski definition) is 6. The number of ether oxygens (including phenoxy) is 2. The number of hydrogen-bond donors (Lipinski definition) is 2. The van der Waals surface area contributed by atoms with E-state index in [0.29, 0.717) is 17.7 Å². The molecule has 0 saturated carbocycles. The number of amides is 2. The highest BCUT2D eigenvalue weighted by atomic mass is 16.7. The molecule has 3 heterocycles. The topological polar surface area (TPSA) is 134 Å². The zero-order valence-electron chi connectivity index (χ0n) is 18.3. The fraction of sp³-hybridized carbons (Fsp3) is 0.391. The van der Waals surface area contributed by atoms with Crippen LogP contribution in [0.4, 0.5) is 9.59 Å². The fourth-order valence-electron chi connectivity index (χ4n) is 4.53. The summed E-state index contributed by atoms with van der Waals surface area (Å²) in [4.78, 5) is 50.1. The molecule has 0 radical (unpaired) electrons. The monoisotopic (exact) mass is 456 g/mol. The number of carboxylic acids is 1. The van der Waals surface area contributed by atoms with E-state index in [9.17, 15) is 29.4 Å². The second kappa shape index (κ2) is 7.95. The minimum Gasteiger partial charge on any atom is -0.477 e. The summed E-state index contributed by atoms with van der Waals surface area (Å²) in [5.74, 6) is -1.59. The average Bonchev–Trinajstić information content (AvgIpc) is 3.07. The molecule has 3 aliphatic heterocycles. The summed E-state index contributed by atoms with van der Waals surface area (Å²) in [6.07, 6.45) is 1.69. The molecule has 10 heteroatoms. The lowest BCUT2D eigenvalue weighted by Gasteiger charge is -2.49. The van der Waals surface area contributed by atoms with Crippen LogP contribution in [0.1, 0.15) is 32.8 Å². The van der Waals surface area contributed by atoms with Crippen molar-refractivity contribution in [1.29, 1.82) is 0 Å². The molecule has 0 bridgehead atoms. The highest BCUT2D eigenvalue weighted by molar-refractivity contribution is 6.02. The highest BCUT2D eigenvalue weighted by Gasteiger charge is 2.64. The molecule has 0 aliphatic carbocycles. The Bertz CT molecular complexity index is 1080. The summed E-state index contributed by atoms with van der Waals surface area (Å²) in [5.41, 5.74) is 0.396. The van der Waals surface area contributed by atoms with Crippen LogP contribution in [0.2, 0.25) is 0 Å². The van der Waals surface area contributed by atoms with Crippen molar-refractivity contribution in [2.75, 3.05) is 6.54 Å². The minimum atomic E-state index is -1.23. The predicted octanol–water partition coefficient (Wildman–Crippen LogP) is 2.95. The first-order valence-electron chi connectivity index (χ1n) is 10.4. The molecule has 2 saturated heterocycles. The maximum Gasteiger partial charge on any atom is 0.514 e. The van der Waals surface area contributed by atoms with Gasteiger partial charge in [-0.15, -0.1) is 0 Å². The smallest absolute Gasteiger partial charge is 0.477 e. The number of aliphatic carboxylic acids is 1. The summed E-state index contributed by atoms with van der Waals surface area (Å²) in [5, 5.41) is 19.1. The van der Waals surface area contributed by atoms with E-state index in [4.69, 9.17) is 9.47 Å². The number of carboxylic acid groups (broad SMARTS) is 2. The summed E-state index contributed by atoms with van der Waals surface area (Å²) < 4.78 is 10.2. The van der Waals surface area contributed by atoms with Crippen LogP contribution in [0.5, 0.6) is 5.75 Å². The molecular formula is C23H24N2O8. The molecule has 10 nitrogen and oxygen atoms in total. The number of carbonyl (C=O) groups is 4. The Hall–Kier alpha value is -3.82. The molecule has 2 N–H and O–H groups in total. The summed E-state index contributed by atoms with van der Waals surface area (Å²) in [6.45, 7) is 5.38. The van der Waals surface area contributed by atoms with E-state index in [2.05, 4.69) is 0 Å². The van der Waals surface area contributed by atoms with Gasteiger partial charge in [0.15, 0.2) is 0 Å². The van der Waals surface area contributed by atoms with Crippen LogP contribution in [-0.4, -0.2) is 68.4 Å². The zero-order valence-corrected chi connectivity index (χ0v) is 18.3. The third kappa shape index (κ3) is 4.15. The Morgan fingerprint density at radius 3 is 2.33 bits per heavy atom. The van der Waals surface area contributed by atoms with Crippen molar-refractivity contribution in [1.82, 2.24) is 9.80 Å². The SMILES string of the molecule is CC(C)(C)OC(=O)Oc1ccc(/C=C/C2=C(C(=O)O)N3C(=O)[C@@H]4[C@H]3[C@H](C2)CN4C(=O)O)cc1. The molecule has 2 fully saturated rings. The Morgan fingerprint density at radius 2 is 1.76 bits per heavy atom. The summed E-state index contributed by atoms with van der Waals surface area (Å²) in [6, 6.07) is 5.31. The van der Waals surface area contributed by atoms with Gasteiger partial charge < -0.3 is 19.7 Å². The van der Waals surface area contributed by atoms with Gasteiger partial charge in [-0.1, -0.05) is 24.3 Å². The number of rotatable bonds is 4. The van der Waals surface area contributed by atoms with E-state index in [0.717, 1.165) is 10.5 Å². The Kier molecular flexibility index (Phi) is 5.39. The predicted molar refractivity (Wildman–Crippen MR) is 114 cm³/mol. The lowest BCUT2D eigenvalue weighted by Crippen LogP contribution is -2.69. The van der Waals surface area contributed by atoms with Gasteiger partial charge in [0.2, 0.25) is 0 Å². The van der Waals surface area contributed by atoms with Crippen molar-refractivity contribution in [3.8, 4) is 5.75 Å². The average molecular weight is 456 g/mol. The number of nitrogens with zero attached hydrogens (tertiary/aromatic N) is 2. The number of β-lactam (4-membered cyclic amide) rings is 1. The molecule has 3 aliphatic rings. The van der Waals surface area contributed by atoms with E-state index in [-0.39, 0.29) is 18.2 Å². The Balaban J connectivity index is 1.51. The van der Waals surface area contributed by atoms with Crippen LogP contribution in [0.25, 0.3) is 6.08 Å². The van der Waals surface area contributed by atoms with Crippen molar-refractivity contribution in [3.63, 3.8) is 0 Å².